The molecule has 1 aromatic carbocycles. The Kier molecular flexibility index (Phi) is 5.42. The molecule has 23 heavy (non-hydrogen) atoms. The Morgan fingerprint density at radius 3 is 2.43 bits per heavy atom. The van der Waals surface area contributed by atoms with Crippen molar-refractivity contribution < 1.29 is 14.7 Å². The molecule has 1 aromatic rings. The lowest BCUT2D eigenvalue weighted by molar-refractivity contribution is -0.126. The number of hydrogen-bond acceptors (Lipinski definition) is 3. The summed E-state index contributed by atoms with van der Waals surface area (Å²) in [7, 11) is 0. The number of hydrogen-bond donors (Lipinski definition) is 3. The molecule has 2 rings (SSSR count). The van der Waals surface area contributed by atoms with Crippen LogP contribution < -0.4 is 10.6 Å². The largest absolute Gasteiger partial charge is 0.388 e. The van der Waals surface area contributed by atoms with E-state index in [0.29, 0.717) is 5.56 Å². The van der Waals surface area contributed by atoms with Crippen molar-refractivity contribution in [2.75, 3.05) is 6.54 Å². The zero-order chi connectivity index (χ0) is 17.0. The fourth-order valence-electron chi connectivity index (χ4n) is 2.70. The Hall–Kier alpha value is -1.88. The molecule has 0 spiro atoms. The molecule has 1 aliphatic carbocycles. The highest BCUT2D eigenvalue weighted by Gasteiger charge is 2.35. The normalized spacial score (nSPS) is 17.3. The second-order valence-electron chi connectivity index (χ2n) is 6.81. The maximum Gasteiger partial charge on any atom is 0.252 e. The molecule has 126 valence electrons. The number of aryl methyl sites for hydroxylation is 1. The Labute approximate surface area is 137 Å². The van der Waals surface area contributed by atoms with Crippen LogP contribution in [0.15, 0.2) is 24.3 Å². The molecule has 0 aliphatic heterocycles. The van der Waals surface area contributed by atoms with E-state index in [-0.39, 0.29) is 24.3 Å². The molecule has 0 radical (unpaired) electrons. The van der Waals surface area contributed by atoms with Gasteiger partial charge in [0, 0.05) is 12.1 Å². The first-order valence-electron chi connectivity index (χ1n) is 8.19. The van der Waals surface area contributed by atoms with Crippen LogP contribution in [0.5, 0.6) is 0 Å². The predicted octanol–water partition coefficient (Wildman–Crippen LogP) is 1.78. The van der Waals surface area contributed by atoms with Crippen molar-refractivity contribution in [1.82, 2.24) is 10.6 Å². The number of amides is 2. The van der Waals surface area contributed by atoms with Crippen molar-refractivity contribution >= 4 is 11.8 Å². The summed E-state index contributed by atoms with van der Waals surface area (Å²) >= 11 is 0. The van der Waals surface area contributed by atoms with Crippen LogP contribution in [0.25, 0.3) is 0 Å². The van der Waals surface area contributed by atoms with Gasteiger partial charge in [0.25, 0.3) is 5.91 Å². The van der Waals surface area contributed by atoms with E-state index in [1.54, 1.807) is 12.1 Å². The Morgan fingerprint density at radius 1 is 1.26 bits per heavy atom. The van der Waals surface area contributed by atoms with E-state index >= 15 is 0 Å². The lowest BCUT2D eigenvalue weighted by Crippen LogP contribution is -2.54. The maximum atomic E-state index is 12.4. The quantitative estimate of drug-likeness (QED) is 0.748. The van der Waals surface area contributed by atoms with Crippen molar-refractivity contribution in [2.24, 2.45) is 5.92 Å². The first-order valence-corrected chi connectivity index (χ1v) is 8.19. The number of carbonyl (C=O) groups is 2. The minimum atomic E-state index is -0.767. The number of nitrogens with one attached hydrogen (secondary N) is 2. The minimum absolute atomic E-state index is 0.0426. The molecular weight excluding hydrogens is 292 g/mol. The molecule has 1 atom stereocenters. The van der Waals surface area contributed by atoms with Gasteiger partial charge < -0.3 is 15.7 Å². The summed E-state index contributed by atoms with van der Waals surface area (Å²) in [6.45, 7) is 5.89. The summed E-state index contributed by atoms with van der Waals surface area (Å²) in [5.74, 6) is -0.541. The van der Waals surface area contributed by atoms with Crippen molar-refractivity contribution in [1.29, 1.82) is 0 Å². The van der Waals surface area contributed by atoms with E-state index in [9.17, 15) is 14.7 Å². The average Bonchev–Trinajstić information content (AvgIpc) is 2.48. The van der Waals surface area contributed by atoms with Gasteiger partial charge in [0.15, 0.2) is 0 Å². The fraction of sp³-hybridized carbons (Fsp3) is 0.556. The SMILES string of the molecule is Cc1ccccc1C(=O)NC(C(=O)NCC1(O)CCC1)C(C)C. The maximum absolute atomic E-state index is 12.4. The molecule has 0 heterocycles. The van der Waals surface area contributed by atoms with Gasteiger partial charge in [-0.05, 0) is 43.7 Å². The summed E-state index contributed by atoms with van der Waals surface area (Å²) < 4.78 is 0. The van der Waals surface area contributed by atoms with E-state index in [1.807, 2.05) is 32.9 Å². The molecule has 5 heteroatoms. The van der Waals surface area contributed by atoms with Crippen LogP contribution in [0, 0.1) is 12.8 Å². The van der Waals surface area contributed by atoms with Crippen LogP contribution in [-0.4, -0.2) is 35.1 Å². The monoisotopic (exact) mass is 318 g/mol. The summed E-state index contributed by atoms with van der Waals surface area (Å²) in [6.07, 6.45) is 2.42. The van der Waals surface area contributed by atoms with Gasteiger partial charge in [-0.3, -0.25) is 9.59 Å². The Bertz CT molecular complexity index is 579. The molecule has 1 fully saturated rings. The van der Waals surface area contributed by atoms with E-state index in [0.717, 1.165) is 24.8 Å². The van der Waals surface area contributed by atoms with Gasteiger partial charge >= 0.3 is 0 Å². The standard InChI is InChI=1S/C18H26N2O3/c1-12(2)15(17(22)19-11-18(23)9-6-10-18)20-16(21)14-8-5-4-7-13(14)3/h4-5,7-8,12,15,23H,6,9-11H2,1-3H3,(H,19,22)(H,20,21). The van der Waals surface area contributed by atoms with E-state index in [4.69, 9.17) is 0 Å². The molecule has 1 aliphatic rings. The molecule has 0 saturated heterocycles. The van der Waals surface area contributed by atoms with Gasteiger partial charge in [-0.25, -0.2) is 0 Å². The second kappa shape index (κ2) is 7.13. The summed E-state index contributed by atoms with van der Waals surface area (Å²) in [5, 5.41) is 15.7. The highest BCUT2D eigenvalue weighted by Crippen LogP contribution is 2.30. The van der Waals surface area contributed by atoms with Crippen molar-refractivity contribution in [2.45, 2.75) is 51.7 Å². The van der Waals surface area contributed by atoms with Crippen LogP contribution >= 0.6 is 0 Å². The molecule has 2 amide bonds. The summed E-state index contributed by atoms with van der Waals surface area (Å²) in [6, 6.07) is 6.67. The minimum Gasteiger partial charge on any atom is -0.388 e. The molecular formula is C18H26N2O3. The van der Waals surface area contributed by atoms with Gasteiger partial charge in [0.2, 0.25) is 5.91 Å². The smallest absolute Gasteiger partial charge is 0.252 e. The van der Waals surface area contributed by atoms with Gasteiger partial charge in [0.05, 0.1) is 5.60 Å². The van der Waals surface area contributed by atoms with Crippen molar-refractivity contribution in [3.05, 3.63) is 35.4 Å². The van der Waals surface area contributed by atoms with Crippen molar-refractivity contribution in [3.63, 3.8) is 0 Å². The number of benzene rings is 1. The van der Waals surface area contributed by atoms with Crippen LogP contribution in [0.3, 0.4) is 0 Å². The fourth-order valence-corrected chi connectivity index (χ4v) is 2.70. The lowest BCUT2D eigenvalue weighted by Gasteiger charge is -2.37. The number of carbonyl (C=O) groups excluding carboxylic acids is 2. The van der Waals surface area contributed by atoms with Crippen LogP contribution in [0.4, 0.5) is 0 Å². The number of rotatable bonds is 6. The van der Waals surface area contributed by atoms with Gasteiger partial charge in [-0.2, -0.15) is 0 Å². The molecule has 1 unspecified atom stereocenters. The van der Waals surface area contributed by atoms with Crippen LogP contribution in [-0.2, 0) is 4.79 Å². The van der Waals surface area contributed by atoms with E-state index in [1.165, 1.54) is 0 Å². The zero-order valence-corrected chi connectivity index (χ0v) is 14.1. The van der Waals surface area contributed by atoms with E-state index in [2.05, 4.69) is 10.6 Å². The molecule has 5 nitrogen and oxygen atoms in total. The van der Waals surface area contributed by atoms with Crippen LogP contribution in [0.2, 0.25) is 0 Å². The summed E-state index contributed by atoms with van der Waals surface area (Å²) in [4.78, 5) is 24.8. The Balaban J connectivity index is 1.99. The summed E-state index contributed by atoms with van der Waals surface area (Å²) in [5.41, 5.74) is 0.678. The number of aliphatic hydroxyl groups is 1. The molecule has 3 N–H and O–H groups in total. The zero-order valence-electron chi connectivity index (χ0n) is 14.1. The highest BCUT2D eigenvalue weighted by atomic mass is 16.3. The molecule has 0 aromatic heterocycles. The predicted molar refractivity (Wildman–Crippen MR) is 89.1 cm³/mol. The topological polar surface area (TPSA) is 78.4 Å². The van der Waals surface area contributed by atoms with Crippen molar-refractivity contribution in [3.8, 4) is 0 Å². The van der Waals surface area contributed by atoms with Crippen LogP contribution in [0.1, 0.15) is 49.0 Å². The first kappa shape index (κ1) is 17.5. The average molecular weight is 318 g/mol. The first-order chi connectivity index (χ1) is 10.8. The third-order valence-electron chi connectivity index (χ3n) is 4.50. The Morgan fingerprint density at radius 2 is 1.91 bits per heavy atom. The molecule has 0 bridgehead atoms. The lowest BCUT2D eigenvalue weighted by atomic mass is 9.80. The van der Waals surface area contributed by atoms with E-state index < -0.39 is 11.6 Å². The van der Waals surface area contributed by atoms with Gasteiger partial charge in [-0.15, -0.1) is 0 Å². The third-order valence-corrected chi connectivity index (χ3v) is 4.50. The highest BCUT2D eigenvalue weighted by molar-refractivity contribution is 5.98. The third kappa shape index (κ3) is 4.32. The van der Waals surface area contributed by atoms with Gasteiger partial charge in [0.1, 0.15) is 6.04 Å². The molecule has 1 saturated carbocycles. The second-order valence-corrected chi connectivity index (χ2v) is 6.81. The van der Waals surface area contributed by atoms with Gasteiger partial charge in [-0.1, -0.05) is 32.0 Å².